The lowest BCUT2D eigenvalue weighted by atomic mass is 10.1. The lowest BCUT2D eigenvalue weighted by molar-refractivity contribution is -0.0797. The van der Waals surface area contributed by atoms with Crippen molar-refractivity contribution in [1.29, 1.82) is 0 Å². The minimum atomic E-state index is -4.34. The van der Waals surface area contributed by atoms with Gasteiger partial charge in [0, 0.05) is 17.2 Å². The van der Waals surface area contributed by atoms with Crippen LogP contribution in [0.15, 0.2) is 36.4 Å². The van der Waals surface area contributed by atoms with Gasteiger partial charge in [0.1, 0.15) is 6.29 Å². The fourth-order valence-electron chi connectivity index (χ4n) is 0.906. The van der Waals surface area contributed by atoms with Gasteiger partial charge in [-0.05, 0) is 18.2 Å². The van der Waals surface area contributed by atoms with Crippen LogP contribution in [0.5, 0.6) is 0 Å². The van der Waals surface area contributed by atoms with Crippen molar-refractivity contribution in [3.8, 4) is 11.8 Å². The average Bonchev–Trinajstić information content (AvgIpc) is 2.24. The SMILES string of the molecule is O=Cc1ccc(C#C/C=C/C(F)(F)F)cc1. The van der Waals surface area contributed by atoms with E-state index in [2.05, 4.69) is 11.8 Å². The predicted molar refractivity (Wildman–Crippen MR) is 53.9 cm³/mol. The molecule has 0 amide bonds. The Morgan fingerprint density at radius 3 is 2.25 bits per heavy atom. The van der Waals surface area contributed by atoms with Gasteiger partial charge in [0.05, 0.1) is 0 Å². The lowest BCUT2D eigenvalue weighted by Gasteiger charge is -1.93. The number of aldehydes is 1. The number of halogens is 3. The number of carbonyl (C=O) groups excluding carboxylic acids is 1. The van der Waals surface area contributed by atoms with E-state index in [0.717, 1.165) is 6.08 Å². The second-order valence-corrected chi connectivity index (χ2v) is 2.88. The molecule has 0 atom stereocenters. The van der Waals surface area contributed by atoms with Crippen LogP contribution in [0, 0.1) is 11.8 Å². The average molecular weight is 224 g/mol. The number of alkyl halides is 3. The maximum atomic E-state index is 11.7. The molecule has 82 valence electrons. The minimum absolute atomic E-state index is 0.0692. The number of hydrogen-bond acceptors (Lipinski definition) is 1. The van der Waals surface area contributed by atoms with Crippen molar-refractivity contribution in [2.45, 2.75) is 6.18 Å². The summed E-state index contributed by atoms with van der Waals surface area (Å²) in [5, 5.41) is 0. The molecule has 0 heterocycles. The van der Waals surface area contributed by atoms with E-state index < -0.39 is 6.18 Å². The van der Waals surface area contributed by atoms with E-state index in [1.54, 1.807) is 24.3 Å². The third kappa shape index (κ3) is 4.47. The molecular weight excluding hydrogens is 217 g/mol. The van der Waals surface area contributed by atoms with Gasteiger partial charge in [-0.25, -0.2) is 0 Å². The first-order valence-corrected chi connectivity index (χ1v) is 4.32. The Morgan fingerprint density at radius 1 is 1.12 bits per heavy atom. The van der Waals surface area contributed by atoms with Gasteiger partial charge in [-0.15, -0.1) is 0 Å². The predicted octanol–water partition coefficient (Wildman–Crippen LogP) is 2.97. The minimum Gasteiger partial charge on any atom is -0.298 e. The van der Waals surface area contributed by atoms with Crippen molar-refractivity contribution < 1.29 is 18.0 Å². The van der Waals surface area contributed by atoms with Gasteiger partial charge in [-0.1, -0.05) is 24.0 Å². The largest absolute Gasteiger partial charge is 0.410 e. The number of hydrogen-bond donors (Lipinski definition) is 0. The topological polar surface area (TPSA) is 17.1 Å². The summed E-state index contributed by atoms with van der Waals surface area (Å²) < 4.78 is 35.1. The molecule has 0 spiro atoms. The fraction of sp³-hybridized carbons (Fsp3) is 0.0833. The quantitative estimate of drug-likeness (QED) is 0.529. The molecule has 4 heteroatoms. The van der Waals surface area contributed by atoms with E-state index in [1.165, 1.54) is 0 Å². The Labute approximate surface area is 90.6 Å². The molecule has 16 heavy (non-hydrogen) atoms. The Bertz CT molecular complexity index is 444. The highest BCUT2D eigenvalue weighted by Gasteiger charge is 2.21. The molecule has 0 fully saturated rings. The van der Waals surface area contributed by atoms with Crippen LogP contribution in [-0.4, -0.2) is 12.5 Å². The highest BCUT2D eigenvalue weighted by molar-refractivity contribution is 5.74. The molecule has 1 nitrogen and oxygen atoms in total. The smallest absolute Gasteiger partial charge is 0.298 e. The zero-order valence-electron chi connectivity index (χ0n) is 8.08. The molecule has 1 rings (SSSR count). The van der Waals surface area contributed by atoms with Crippen LogP contribution in [0.3, 0.4) is 0 Å². The molecule has 0 bridgehead atoms. The first-order valence-electron chi connectivity index (χ1n) is 4.32. The van der Waals surface area contributed by atoms with E-state index in [-0.39, 0.29) is 6.08 Å². The number of benzene rings is 1. The molecule has 0 N–H and O–H groups in total. The molecule has 0 saturated carbocycles. The van der Waals surface area contributed by atoms with Gasteiger partial charge in [-0.2, -0.15) is 13.2 Å². The zero-order valence-corrected chi connectivity index (χ0v) is 8.08. The van der Waals surface area contributed by atoms with Crippen LogP contribution < -0.4 is 0 Å². The van der Waals surface area contributed by atoms with E-state index >= 15 is 0 Å². The number of carbonyl (C=O) groups is 1. The molecule has 1 aromatic carbocycles. The van der Waals surface area contributed by atoms with Crippen molar-refractivity contribution in [2.24, 2.45) is 0 Å². The number of allylic oxidation sites excluding steroid dienone is 2. The summed E-state index contributed by atoms with van der Waals surface area (Å²) in [6, 6.07) is 6.23. The summed E-state index contributed by atoms with van der Waals surface area (Å²) in [6.45, 7) is 0. The van der Waals surface area contributed by atoms with Gasteiger partial charge in [0.15, 0.2) is 0 Å². The molecule has 0 unspecified atom stereocenters. The third-order valence-corrected chi connectivity index (χ3v) is 1.62. The number of rotatable bonds is 1. The van der Waals surface area contributed by atoms with E-state index in [0.29, 0.717) is 17.4 Å². The van der Waals surface area contributed by atoms with Crippen LogP contribution in [-0.2, 0) is 0 Å². The summed E-state index contributed by atoms with van der Waals surface area (Å²) in [6.07, 6.45) is -2.84. The Balaban J connectivity index is 2.70. The van der Waals surface area contributed by atoms with Gasteiger partial charge >= 0.3 is 6.18 Å². The lowest BCUT2D eigenvalue weighted by Crippen LogP contribution is -1.99. The van der Waals surface area contributed by atoms with Crippen molar-refractivity contribution in [2.75, 3.05) is 0 Å². The fourth-order valence-corrected chi connectivity index (χ4v) is 0.906. The molecule has 0 saturated heterocycles. The molecular formula is C12H7F3O. The van der Waals surface area contributed by atoms with Crippen molar-refractivity contribution >= 4 is 6.29 Å². The first kappa shape index (κ1) is 12.1. The second kappa shape index (κ2) is 5.17. The van der Waals surface area contributed by atoms with Crippen molar-refractivity contribution in [3.63, 3.8) is 0 Å². The maximum absolute atomic E-state index is 11.7. The molecule has 0 aromatic heterocycles. The summed E-state index contributed by atoms with van der Waals surface area (Å²) in [5.41, 5.74) is 1.05. The standard InChI is InChI=1S/C12H7F3O/c13-12(14,15)8-2-1-3-10-4-6-11(9-16)7-5-10/h2,4-9H/b8-2+. The van der Waals surface area contributed by atoms with Gasteiger partial charge in [0.25, 0.3) is 0 Å². The van der Waals surface area contributed by atoms with Crippen molar-refractivity contribution in [3.05, 3.63) is 47.5 Å². The Kier molecular flexibility index (Phi) is 3.90. The Morgan fingerprint density at radius 2 is 1.75 bits per heavy atom. The van der Waals surface area contributed by atoms with E-state index in [1.807, 2.05) is 0 Å². The molecule has 0 aliphatic rings. The second-order valence-electron chi connectivity index (χ2n) is 2.88. The molecule has 0 aliphatic carbocycles. The van der Waals surface area contributed by atoms with Crippen LogP contribution in [0.25, 0.3) is 0 Å². The summed E-state index contributed by atoms with van der Waals surface area (Å²) in [5.74, 6) is 4.77. The van der Waals surface area contributed by atoms with Crippen LogP contribution in [0.4, 0.5) is 13.2 Å². The first-order chi connectivity index (χ1) is 7.51. The van der Waals surface area contributed by atoms with E-state index in [4.69, 9.17) is 0 Å². The highest BCUT2D eigenvalue weighted by Crippen LogP contribution is 2.15. The summed E-state index contributed by atoms with van der Waals surface area (Å²) >= 11 is 0. The zero-order chi connectivity index (χ0) is 12.0. The molecule has 0 radical (unpaired) electrons. The van der Waals surface area contributed by atoms with Crippen LogP contribution >= 0.6 is 0 Å². The highest BCUT2D eigenvalue weighted by atomic mass is 19.4. The van der Waals surface area contributed by atoms with Gasteiger partial charge in [-0.3, -0.25) is 4.79 Å². The van der Waals surface area contributed by atoms with Gasteiger partial charge in [0.2, 0.25) is 0 Å². The van der Waals surface area contributed by atoms with Crippen molar-refractivity contribution in [1.82, 2.24) is 0 Å². The van der Waals surface area contributed by atoms with Crippen LogP contribution in [0.2, 0.25) is 0 Å². The monoisotopic (exact) mass is 224 g/mol. The third-order valence-electron chi connectivity index (χ3n) is 1.62. The normalized spacial score (nSPS) is 10.9. The van der Waals surface area contributed by atoms with Crippen LogP contribution in [0.1, 0.15) is 15.9 Å². The van der Waals surface area contributed by atoms with E-state index in [9.17, 15) is 18.0 Å². The Hall–Kier alpha value is -2.02. The summed E-state index contributed by atoms with van der Waals surface area (Å²) in [4.78, 5) is 10.3. The maximum Gasteiger partial charge on any atom is 0.410 e. The summed E-state index contributed by atoms with van der Waals surface area (Å²) in [7, 11) is 0. The molecule has 0 aliphatic heterocycles. The van der Waals surface area contributed by atoms with Gasteiger partial charge < -0.3 is 0 Å². The molecule has 1 aromatic rings.